The summed E-state index contributed by atoms with van der Waals surface area (Å²) in [6.45, 7) is 5.02. The van der Waals surface area contributed by atoms with Crippen LogP contribution in [0.3, 0.4) is 0 Å². The van der Waals surface area contributed by atoms with E-state index in [1.807, 2.05) is 18.2 Å². The van der Waals surface area contributed by atoms with Gasteiger partial charge in [0.15, 0.2) is 0 Å². The zero-order valence-corrected chi connectivity index (χ0v) is 19.2. The standard InChI is InChI=1S/C23H34N4O2S/c1-4-17(2)27(14-13-22(28)24-19-10-6-5-7-11-19)23-25-21(26-30-23)16-18-9-8-12-20(15-18)29-3/h8-9,12,15,17,19H,4-7,10-11,13-14,16H2,1-3H3,(H,24,28)/t17-/m0/s1. The molecule has 1 fully saturated rings. The minimum Gasteiger partial charge on any atom is -0.497 e. The van der Waals surface area contributed by atoms with E-state index >= 15 is 0 Å². The lowest BCUT2D eigenvalue weighted by atomic mass is 9.95. The molecule has 0 saturated heterocycles. The number of hydrogen-bond donors (Lipinski definition) is 1. The molecule has 0 radical (unpaired) electrons. The van der Waals surface area contributed by atoms with Crippen LogP contribution in [0.2, 0.25) is 0 Å². The topological polar surface area (TPSA) is 67.4 Å². The summed E-state index contributed by atoms with van der Waals surface area (Å²) in [5, 5.41) is 4.12. The van der Waals surface area contributed by atoms with Crippen molar-refractivity contribution in [2.24, 2.45) is 0 Å². The van der Waals surface area contributed by atoms with Crippen molar-refractivity contribution in [3.8, 4) is 5.75 Å². The highest BCUT2D eigenvalue weighted by Gasteiger charge is 2.21. The van der Waals surface area contributed by atoms with Gasteiger partial charge in [0.2, 0.25) is 11.0 Å². The van der Waals surface area contributed by atoms with Crippen molar-refractivity contribution in [3.63, 3.8) is 0 Å². The van der Waals surface area contributed by atoms with Crippen LogP contribution < -0.4 is 15.0 Å². The molecule has 6 nitrogen and oxygen atoms in total. The first-order chi connectivity index (χ1) is 14.6. The summed E-state index contributed by atoms with van der Waals surface area (Å²) in [6.07, 6.45) is 8.14. The van der Waals surface area contributed by atoms with E-state index in [0.29, 0.717) is 31.5 Å². The molecule has 1 N–H and O–H groups in total. The summed E-state index contributed by atoms with van der Waals surface area (Å²) >= 11 is 1.42. The van der Waals surface area contributed by atoms with Gasteiger partial charge in [-0.2, -0.15) is 4.37 Å². The first-order valence-electron chi connectivity index (χ1n) is 11.1. The molecule has 1 aromatic carbocycles. The molecule has 1 amide bonds. The van der Waals surface area contributed by atoms with E-state index < -0.39 is 0 Å². The van der Waals surface area contributed by atoms with Gasteiger partial charge in [-0.15, -0.1) is 0 Å². The Balaban J connectivity index is 1.60. The van der Waals surface area contributed by atoms with Crippen molar-refractivity contribution in [1.29, 1.82) is 0 Å². The quantitative estimate of drug-likeness (QED) is 0.597. The van der Waals surface area contributed by atoms with Crippen LogP contribution in [0.4, 0.5) is 5.13 Å². The van der Waals surface area contributed by atoms with Gasteiger partial charge in [0, 0.05) is 43.0 Å². The predicted octanol–water partition coefficient (Wildman–Crippen LogP) is 4.58. The predicted molar refractivity (Wildman–Crippen MR) is 122 cm³/mol. The first kappa shape index (κ1) is 22.5. The van der Waals surface area contributed by atoms with E-state index in [9.17, 15) is 4.79 Å². The first-order valence-corrected chi connectivity index (χ1v) is 11.9. The molecule has 2 aromatic rings. The Morgan fingerprint density at radius 3 is 2.87 bits per heavy atom. The largest absolute Gasteiger partial charge is 0.497 e. The highest BCUT2D eigenvalue weighted by atomic mass is 32.1. The molecule has 0 aliphatic heterocycles. The second kappa shape index (κ2) is 11.3. The highest BCUT2D eigenvalue weighted by molar-refractivity contribution is 7.09. The summed E-state index contributed by atoms with van der Waals surface area (Å²) < 4.78 is 9.88. The fourth-order valence-electron chi connectivity index (χ4n) is 3.89. The lowest BCUT2D eigenvalue weighted by molar-refractivity contribution is -0.121. The van der Waals surface area contributed by atoms with Crippen molar-refractivity contribution in [1.82, 2.24) is 14.7 Å². The number of hydrogen-bond acceptors (Lipinski definition) is 6. The Bertz CT molecular complexity index is 804. The third-order valence-corrected chi connectivity index (χ3v) is 6.66. The average molecular weight is 431 g/mol. The van der Waals surface area contributed by atoms with Gasteiger partial charge in [-0.25, -0.2) is 4.98 Å². The number of nitrogens with zero attached hydrogens (tertiary/aromatic N) is 3. The molecule has 7 heteroatoms. The summed E-state index contributed by atoms with van der Waals surface area (Å²) in [5.74, 6) is 1.80. The number of anilines is 1. The van der Waals surface area contributed by atoms with Crippen LogP contribution in [0.1, 0.15) is 70.2 Å². The summed E-state index contributed by atoms with van der Waals surface area (Å²) in [6, 6.07) is 8.67. The fourth-order valence-corrected chi connectivity index (χ4v) is 4.71. The van der Waals surface area contributed by atoms with Gasteiger partial charge in [0.1, 0.15) is 11.6 Å². The maximum absolute atomic E-state index is 12.5. The van der Waals surface area contributed by atoms with E-state index in [4.69, 9.17) is 9.72 Å². The van der Waals surface area contributed by atoms with E-state index in [-0.39, 0.29) is 5.91 Å². The SMILES string of the molecule is CC[C@H](C)N(CCC(=O)NC1CCCCC1)c1nc(Cc2cccc(OC)c2)ns1. The molecule has 0 spiro atoms. The van der Waals surface area contributed by atoms with Gasteiger partial charge < -0.3 is 15.0 Å². The highest BCUT2D eigenvalue weighted by Crippen LogP contribution is 2.24. The molecule has 164 valence electrons. The molecule has 3 rings (SSSR count). The molecule has 0 bridgehead atoms. The third-order valence-electron chi connectivity index (χ3n) is 5.87. The summed E-state index contributed by atoms with van der Waals surface area (Å²) in [5.41, 5.74) is 1.13. The number of carbonyl (C=O) groups is 1. The van der Waals surface area contributed by atoms with Crippen LogP contribution in [0.5, 0.6) is 5.75 Å². The van der Waals surface area contributed by atoms with Gasteiger partial charge in [-0.3, -0.25) is 4.79 Å². The van der Waals surface area contributed by atoms with Crippen molar-refractivity contribution < 1.29 is 9.53 Å². The minimum atomic E-state index is 0.149. The smallest absolute Gasteiger partial charge is 0.221 e. The van der Waals surface area contributed by atoms with Gasteiger partial charge >= 0.3 is 0 Å². The molecule has 1 atom stereocenters. The van der Waals surface area contributed by atoms with Crippen molar-refractivity contribution in [3.05, 3.63) is 35.7 Å². The number of nitrogens with one attached hydrogen (secondary N) is 1. The average Bonchev–Trinajstić information content (AvgIpc) is 3.22. The number of ether oxygens (including phenoxy) is 1. The monoisotopic (exact) mass is 430 g/mol. The number of rotatable bonds is 10. The fraction of sp³-hybridized carbons (Fsp3) is 0.609. The Labute approximate surface area is 184 Å². The van der Waals surface area contributed by atoms with Crippen molar-refractivity contribution >= 4 is 22.6 Å². The maximum atomic E-state index is 12.5. The normalized spacial score (nSPS) is 15.6. The number of carbonyl (C=O) groups excluding carboxylic acids is 1. The lowest BCUT2D eigenvalue weighted by Gasteiger charge is -2.28. The zero-order chi connectivity index (χ0) is 21.3. The molecule has 1 aliphatic carbocycles. The maximum Gasteiger partial charge on any atom is 0.221 e. The van der Waals surface area contributed by atoms with Crippen LogP contribution in [0, 0.1) is 0 Å². The van der Waals surface area contributed by atoms with Crippen LogP contribution in [0.25, 0.3) is 0 Å². The second-order valence-electron chi connectivity index (χ2n) is 8.12. The Morgan fingerprint density at radius 2 is 2.13 bits per heavy atom. The third kappa shape index (κ3) is 6.42. The van der Waals surface area contributed by atoms with E-state index in [1.165, 1.54) is 30.8 Å². The molecular formula is C23H34N4O2S. The number of methoxy groups -OCH3 is 1. The number of benzene rings is 1. The Morgan fingerprint density at radius 1 is 1.33 bits per heavy atom. The summed E-state index contributed by atoms with van der Waals surface area (Å²) in [4.78, 5) is 19.5. The van der Waals surface area contributed by atoms with Crippen molar-refractivity contribution in [2.45, 2.75) is 77.3 Å². The van der Waals surface area contributed by atoms with Gasteiger partial charge in [0.25, 0.3) is 0 Å². The summed E-state index contributed by atoms with van der Waals surface area (Å²) in [7, 11) is 1.67. The molecule has 1 aliphatic rings. The lowest BCUT2D eigenvalue weighted by Crippen LogP contribution is -2.40. The van der Waals surface area contributed by atoms with Crippen molar-refractivity contribution in [2.75, 3.05) is 18.6 Å². The Hall–Kier alpha value is -2.15. The number of amides is 1. The molecule has 1 saturated carbocycles. The molecule has 1 heterocycles. The second-order valence-corrected chi connectivity index (χ2v) is 8.85. The van der Waals surface area contributed by atoms with Gasteiger partial charge in [-0.1, -0.05) is 38.3 Å². The minimum absolute atomic E-state index is 0.149. The van der Waals surface area contributed by atoms with Crippen LogP contribution >= 0.6 is 11.5 Å². The number of aromatic nitrogens is 2. The van der Waals surface area contributed by atoms with Gasteiger partial charge in [0.05, 0.1) is 7.11 Å². The van der Waals surface area contributed by atoms with Crippen LogP contribution in [-0.4, -0.2) is 41.0 Å². The van der Waals surface area contributed by atoms with E-state index in [2.05, 4.69) is 34.5 Å². The molecule has 0 unspecified atom stereocenters. The van der Waals surface area contributed by atoms with Crippen LogP contribution in [0.15, 0.2) is 24.3 Å². The molecular weight excluding hydrogens is 396 g/mol. The van der Waals surface area contributed by atoms with E-state index in [0.717, 1.165) is 41.5 Å². The zero-order valence-electron chi connectivity index (χ0n) is 18.4. The van der Waals surface area contributed by atoms with E-state index in [1.54, 1.807) is 7.11 Å². The molecule has 1 aromatic heterocycles. The van der Waals surface area contributed by atoms with Crippen LogP contribution in [-0.2, 0) is 11.2 Å². The Kier molecular flexibility index (Phi) is 8.49. The molecule has 30 heavy (non-hydrogen) atoms. The van der Waals surface area contributed by atoms with Gasteiger partial charge in [-0.05, 0) is 43.9 Å².